The van der Waals surface area contributed by atoms with E-state index < -0.39 is 0 Å². The summed E-state index contributed by atoms with van der Waals surface area (Å²) in [4.78, 5) is 26.6. The summed E-state index contributed by atoms with van der Waals surface area (Å²) in [5, 5.41) is 3.16. The lowest BCUT2D eigenvalue weighted by atomic mass is 9.87. The third kappa shape index (κ3) is 4.34. The normalized spacial score (nSPS) is 14.8. The van der Waals surface area contributed by atoms with Crippen molar-refractivity contribution < 1.29 is 14.3 Å². The molecule has 3 rings (SSSR count). The number of benzene rings is 2. The molecule has 0 unspecified atom stereocenters. The van der Waals surface area contributed by atoms with Gasteiger partial charge in [-0.05, 0) is 54.7 Å². The van der Waals surface area contributed by atoms with E-state index in [0.717, 1.165) is 16.3 Å². The van der Waals surface area contributed by atoms with Gasteiger partial charge in [0.25, 0.3) is 11.8 Å². The predicted molar refractivity (Wildman–Crippen MR) is 116 cm³/mol. The molecule has 0 aliphatic carbocycles. The van der Waals surface area contributed by atoms with E-state index in [0.29, 0.717) is 16.8 Å². The highest BCUT2D eigenvalue weighted by atomic mass is 16.5. The first-order valence-corrected chi connectivity index (χ1v) is 9.79. The van der Waals surface area contributed by atoms with Gasteiger partial charge in [-0.3, -0.25) is 14.5 Å². The van der Waals surface area contributed by atoms with Crippen LogP contribution in [0.1, 0.15) is 45.7 Å². The van der Waals surface area contributed by atoms with Crippen molar-refractivity contribution in [3.8, 4) is 5.75 Å². The molecule has 1 aliphatic heterocycles. The van der Waals surface area contributed by atoms with Crippen molar-refractivity contribution in [1.82, 2.24) is 4.90 Å². The van der Waals surface area contributed by atoms with E-state index in [4.69, 9.17) is 4.74 Å². The largest absolute Gasteiger partial charge is 0.491 e. The fraction of sp³-hybridized carbons (Fsp3) is 0.333. The molecule has 0 atom stereocenters. The Labute approximate surface area is 172 Å². The van der Waals surface area contributed by atoms with Crippen LogP contribution in [0, 0.1) is 0 Å². The van der Waals surface area contributed by atoms with Crippen molar-refractivity contribution in [2.75, 3.05) is 12.4 Å². The minimum Gasteiger partial charge on any atom is -0.491 e. The molecule has 1 heterocycles. The van der Waals surface area contributed by atoms with Gasteiger partial charge in [0, 0.05) is 12.7 Å². The van der Waals surface area contributed by atoms with E-state index in [9.17, 15) is 9.59 Å². The summed E-state index contributed by atoms with van der Waals surface area (Å²) in [6.07, 6.45) is 0.0641. The molecule has 1 aliphatic rings. The van der Waals surface area contributed by atoms with Gasteiger partial charge in [-0.15, -0.1) is 0 Å². The van der Waals surface area contributed by atoms with Crippen LogP contribution in [0.3, 0.4) is 0 Å². The topological polar surface area (TPSA) is 58.6 Å². The molecular formula is C24H28N2O3. The van der Waals surface area contributed by atoms with Gasteiger partial charge in [0.2, 0.25) is 0 Å². The monoisotopic (exact) mass is 392 g/mol. The molecule has 5 heteroatoms. The van der Waals surface area contributed by atoms with Gasteiger partial charge in [0.05, 0.1) is 11.7 Å². The lowest BCUT2D eigenvalue weighted by Gasteiger charge is -2.19. The zero-order valence-corrected chi connectivity index (χ0v) is 17.9. The van der Waals surface area contributed by atoms with Gasteiger partial charge in [-0.2, -0.15) is 0 Å². The first-order chi connectivity index (χ1) is 13.6. The molecule has 0 saturated heterocycles. The average Bonchev–Trinajstić information content (AvgIpc) is 2.86. The fourth-order valence-corrected chi connectivity index (χ4v) is 3.20. The molecule has 0 spiro atoms. The third-order valence-corrected chi connectivity index (χ3v) is 4.82. The number of anilines is 1. The van der Waals surface area contributed by atoms with Crippen molar-refractivity contribution in [2.24, 2.45) is 0 Å². The lowest BCUT2D eigenvalue weighted by molar-refractivity contribution is -0.135. The average molecular weight is 392 g/mol. The Morgan fingerprint density at radius 1 is 0.897 bits per heavy atom. The fourth-order valence-electron chi connectivity index (χ4n) is 3.20. The van der Waals surface area contributed by atoms with Crippen LogP contribution in [0.15, 0.2) is 54.2 Å². The maximum absolute atomic E-state index is 12.7. The number of nitrogens with one attached hydrogen (secondary N) is 1. The zero-order chi connectivity index (χ0) is 21.3. The molecule has 5 nitrogen and oxygen atoms in total. The Kier molecular flexibility index (Phi) is 5.51. The van der Waals surface area contributed by atoms with Gasteiger partial charge in [0.15, 0.2) is 0 Å². The number of likely N-dealkylation sites (N-methyl/N-ethyl adjacent to an activating group) is 1. The minimum absolute atomic E-state index is 0.0438. The Hall–Kier alpha value is -3.08. The Balaban J connectivity index is 1.95. The first-order valence-electron chi connectivity index (χ1n) is 9.79. The zero-order valence-electron chi connectivity index (χ0n) is 17.9. The smallest absolute Gasteiger partial charge is 0.277 e. The Bertz CT molecular complexity index is 949. The molecule has 0 bridgehead atoms. The maximum atomic E-state index is 12.7. The number of hydrogen-bond donors (Lipinski definition) is 1. The van der Waals surface area contributed by atoms with E-state index >= 15 is 0 Å². The van der Waals surface area contributed by atoms with Gasteiger partial charge < -0.3 is 10.1 Å². The summed E-state index contributed by atoms with van der Waals surface area (Å²) in [5.74, 6) is 0.0653. The number of amides is 2. The van der Waals surface area contributed by atoms with Crippen molar-refractivity contribution in [1.29, 1.82) is 0 Å². The van der Waals surface area contributed by atoms with Crippen LogP contribution >= 0.6 is 0 Å². The van der Waals surface area contributed by atoms with Gasteiger partial charge >= 0.3 is 0 Å². The van der Waals surface area contributed by atoms with Crippen LogP contribution in [-0.4, -0.2) is 29.9 Å². The van der Waals surface area contributed by atoms with Crippen LogP contribution in [0.25, 0.3) is 5.57 Å². The van der Waals surface area contributed by atoms with Gasteiger partial charge in [-0.25, -0.2) is 0 Å². The van der Waals surface area contributed by atoms with Gasteiger partial charge in [-0.1, -0.05) is 45.0 Å². The molecular weight excluding hydrogens is 364 g/mol. The highest BCUT2D eigenvalue weighted by Gasteiger charge is 2.36. The predicted octanol–water partition coefficient (Wildman–Crippen LogP) is 4.59. The summed E-state index contributed by atoms with van der Waals surface area (Å²) in [7, 11) is 1.50. The van der Waals surface area contributed by atoms with Crippen LogP contribution in [0.4, 0.5) is 5.69 Å². The summed E-state index contributed by atoms with van der Waals surface area (Å²) in [6, 6.07) is 15.2. The number of imide groups is 1. The second-order valence-electron chi connectivity index (χ2n) is 8.56. The van der Waals surface area contributed by atoms with E-state index in [1.165, 1.54) is 12.6 Å². The van der Waals surface area contributed by atoms with Crippen LogP contribution in [-0.2, 0) is 15.0 Å². The second-order valence-corrected chi connectivity index (χ2v) is 8.56. The quantitative estimate of drug-likeness (QED) is 0.756. The summed E-state index contributed by atoms with van der Waals surface area (Å²) in [6.45, 7) is 10.4. The summed E-state index contributed by atoms with van der Waals surface area (Å²) in [5.41, 5.74) is 3.34. The number of carbonyl (C=O) groups excluding carboxylic acids is 2. The molecule has 0 aromatic heterocycles. The second kappa shape index (κ2) is 7.74. The molecule has 2 aromatic rings. The highest BCUT2D eigenvalue weighted by Crippen LogP contribution is 2.31. The van der Waals surface area contributed by atoms with E-state index in [1.807, 2.05) is 62.4 Å². The van der Waals surface area contributed by atoms with Crippen molar-refractivity contribution in [3.05, 3.63) is 65.4 Å². The third-order valence-electron chi connectivity index (χ3n) is 4.82. The molecule has 29 heavy (non-hydrogen) atoms. The van der Waals surface area contributed by atoms with Crippen LogP contribution in [0.2, 0.25) is 0 Å². The van der Waals surface area contributed by atoms with E-state index in [1.54, 1.807) is 0 Å². The van der Waals surface area contributed by atoms with Crippen molar-refractivity contribution in [2.45, 2.75) is 46.1 Å². The molecule has 2 aromatic carbocycles. The van der Waals surface area contributed by atoms with E-state index in [-0.39, 0.29) is 23.3 Å². The molecule has 0 radical (unpaired) electrons. The van der Waals surface area contributed by atoms with Gasteiger partial charge in [0.1, 0.15) is 11.4 Å². The number of rotatable bonds is 5. The Morgan fingerprint density at radius 3 is 2.00 bits per heavy atom. The number of hydrogen-bond acceptors (Lipinski definition) is 4. The van der Waals surface area contributed by atoms with Crippen molar-refractivity contribution >= 4 is 23.1 Å². The number of ether oxygens (including phenoxy) is 1. The standard InChI is InChI=1S/C24H28N2O3/c1-15(2)29-19-13-7-16(8-14-19)20-21(23(28)26(6)22(20)27)25-18-11-9-17(10-12-18)24(3,4)5/h7-15,25H,1-6H3. The lowest BCUT2D eigenvalue weighted by Crippen LogP contribution is -2.27. The van der Waals surface area contributed by atoms with Crippen LogP contribution < -0.4 is 10.1 Å². The Morgan fingerprint density at radius 2 is 1.48 bits per heavy atom. The SMILES string of the molecule is CC(C)Oc1ccc(C2=C(Nc3ccc(C(C)(C)C)cc3)C(=O)N(C)C2=O)cc1. The molecule has 2 amide bonds. The maximum Gasteiger partial charge on any atom is 0.277 e. The van der Waals surface area contributed by atoms with E-state index in [2.05, 4.69) is 26.1 Å². The van der Waals surface area contributed by atoms with Crippen LogP contribution in [0.5, 0.6) is 5.75 Å². The number of nitrogens with zero attached hydrogens (tertiary/aromatic N) is 1. The molecule has 152 valence electrons. The van der Waals surface area contributed by atoms with Crippen molar-refractivity contribution in [3.63, 3.8) is 0 Å². The number of carbonyl (C=O) groups is 2. The first kappa shape index (κ1) is 20.6. The summed E-state index contributed by atoms with van der Waals surface area (Å²) < 4.78 is 5.67. The molecule has 0 saturated carbocycles. The molecule has 1 N–H and O–H groups in total. The highest BCUT2D eigenvalue weighted by molar-refractivity contribution is 6.36. The summed E-state index contributed by atoms with van der Waals surface area (Å²) >= 11 is 0. The molecule has 0 fully saturated rings. The minimum atomic E-state index is -0.340.